The van der Waals surface area contributed by atoms with Crippen LogP contribution in [-0.2, 0) is 6.61 Å². The summed E-state index contributed by atoms with van der Waals surface area (Å²) in [5.74, 6) is 0.971. The Labute approximate surface area is 133 Å². The number of rotatable bonds is 8. The second-order valence-electron chi connectivity index (χ2n) is 4.49. The fourth-order valence-corrected chi connectivity index (χ4v) is 2.33. The lowest BCUT2D eigenvalue weighted by molar-refractivity contribution is 0.0953. The average molecular weight is 321 g/mol. The first kappa shape index (κ1) is 16.3. The van der Waals surface area contributed by atoms with Gasteiger partial charge in [0.05, 0.1) is 18.3 Å². The maximum atomic E-state index is 12.0. The molecule has 0 saturated carbocycles. The van der Waals surface area contributed by atoms with Crippen molar-refractivity contribution in [2.24, 2.45) is 0 Å². The molecule has 2 rings (SSSR count). The van der Waals surface area contributed by atoms with Crippen LogP contribution in [0.25, 0.3) is 0 Å². The standard InChI is InChI=1S/C15H19N3O3S/c1-16-5-6-17-15(19)11-3-4-13(14(7-11)20-2)21-8-12-9-22-10-18-12/h3-4,7,9-10,16H,5-6,8H2,1-2H3,(H,17,19). The van der Waals surface area contributed by atoms with Gasteiger partial charge in [0.15, 0.2) is 11.5 Å². The highest BCUT2D eigenvalue weighted by molar-refractivity contribution is 7.07. The van der Waals surface area contributed by atoms with E-state index in [-0.39, 0.29) is 5.91 Å². The summed E-state index contributed by atoms with van der Waals surface area (Å²) < 4.78 is 11.0. The molecule has 0 aliphatic carbocycles. The van der Waals surface area contributed by atoms with E-state index in [0.29, 0.717) is 30.2 Å². The van der Waals surface area contributed by atoms with Crippen molar-refractivity contribution >= 4 is 17.2 Å². The van der Waals surface area contributed by atoms with Crippen LogP contribution in [0, 0.1) is 0 Å². The minimum absolute atomic E-state index is 0.139. The van der Waals surface area contributed by atoms with Crippen LogP contribution in [0.4, 0.5) is 0 Å². The zero-order valence-electron chi connectivity index (χ0n) is 12.6. The number of likely N-dealkylation sites (N-methyl/N-ethyl adjacent to an activating group) is 1. The van der Waals surface area contributed by atoms with Crippen molar-refractivity contribution < 1.29 is 14.3 Å². The van der Waals surface area contributed by atoms with E-state index in [9.17, 15) is 4.79 Å². The van der Waals surface area contributed by atoms with E-state index in [1.54, 1.807) is 30.8 Å². The van der Waals surface area contributed by atoms with Crippen molar-refractivity contribution in [2.45, 2.75) is 6.61 Å². The summed E-state index contributed by atoms with van der Waals surface area (Å²) in [6, 6.07) is 5.12. The van der Waals surface area contributed by atoms with Gasteiger partial charge in [-0.05, 0) is 25.2 Å². The topological polar surface area (TPSA) is 72.5 Å². The first-order chi connectivity index (χ1) is 10.7. The third-order valence-electron chi connectivity index (χ3n) is 2.95. The second-order valence-corrected chi connectivity index (χ2v) is 5.21. The summed E-state index contributed by atoms with van der Waals surface area (Å²) in [6.45, 7) is 1.66. The molecule has 0 fully saturated rings. The molecule has 1 amide bonds. The Kier molecular flexibility index (Phi) is 6.17. The first-order valence-corrected chi connectivity index (χ1v) is 7.79. The molecule has 0 radical (unpaired) electrons. The summed E-state index contributed by atoms with van der Waals surface area (Å²) in [4.78, 5) is 16.2. The van der Waals surface area contributed by atoms with Crippen molar-refractivity contribution in [1.29, 1.82) is 0 Å². The monoisotopic (exact) mass is 321 g/mol. The largest absolute Gasteiger partial charge is 0.493 e. The van der Waals surface area contributed by atoms with Crippen molar-refractivity contribution in [3.05, 3.63) is 40.3 Å². The van der Waals surface area contributed by atoms with E-state index in [1.807, 2.05) is 12.4 Å². The molecular formula is C15H19N3O3S. The normalized spacial score (nSPS) is 10.3. The molecule has 1 aromatic heterocycles. The predicted molar refractivity (Wildman–Crippen MR) is 85.7 cm³/mol. The number of carbonyl (C=O) groups is 1. The van der Waals surface area contributed by atoms with Gasteiger partial charge in [-0.2, -0.15) is 0 Å². The highest BCUT2D eigenvalue weighted by Crippen LogP contribution is 2.28. The smallest absolute Gasteiger partial charge is 0.251 e. The number of amides is 1. The highest BCUT2D eigenvalue weighted by atomic mass is 32.1. The van der Waals surface area contributed by atoms with Gasteiger partial charge in [-0.15, -0.1) is 11.3 Å². The molecule has 1 aromatic carbocycles. The minimum Gasteiger partial charge on any atom is -0.493 e. The van der Waals surface area contributed by atoms with E-state index in [4.69, 9.17) is 9.47 Å². The number of methoxy groups -OCH3 is 1. The molecule has 0 unspecified atom stereocenters. The number of benzene rings is 1. The molecule has 0 atom stereocenters. The molecule has 2 aromatic rings. The van der Waals surface area contributed by atoms with Crippen LogP contribution in [0.1, 0.15) is 16.1 Å². The number of ether oxygens (including phenoxy) is 2. The average Bonchev–Trinajstić information content (AvgIpc) is 3.06. The maximum absolute atomic E-state index is 12.0. The molecule has 0 saturated heterocycles. The van der Waals surface area contributed by atoms with Crippen molar-refractivity contribution in [3.8, 4) is 11.5 Å². The minimum atomic E-state index is -0.139. The molecule has 0 bridgehead atoms. The van der Waals surface area contributed by atoms with Gasteiger partial charge in [-0.3, -0.25) is 4.79 Å². The quantitative estimate of drug-likeness (QED) is 0.724. The fraction of sp³-hybridized carbons (Fsp3) is 0.333. The Morgan fingerprint density at radius 1 is 1.32 bits per heavy atom. The Morgan fingerprint density at radius 2 is 2.18 bits per heavy atom. The third kappa shape index (κ3) is 4.44. The first-order valence-electron chi connectivity index (χ1n) is 6.85. The molecule has 2 N–H and O–H groups in total. The Hall–Kier alpha value is -2.12. The molecular weight excluding hydrogens is 302 g/mol. The zero-order chi connectivity index (χ0) is 15.8. The Bertz CT molecular complexity index is 602. The maximum Gasteiger partial charge on any atom is 0.251 e. The van der Waals surface area contributed by atoms with Crippen LogP contribution in [0.5, 0.6) is 11.5 Å². The molecule has 1 heterocycles. The fourth-order valence-electron chi connectivity index (χ4n) is 1.79. The van der Waals surface area contributed by atoms with Gasteiger partial charge < -0.3 is 20.1 Å². The molecule has 118 valence electrons. The lowest BCUT2D eigenvalue weighted by Gasteiger charge is -2.11. The lowest BCUT2D eigenvalue weighted by Crippen LogP contribution is -2.30. The predicted octanol–water partition coefficient (Wildman–Crippen LogP) is 1.68. The van der Waals surface area contributed by atoms with Gasteiger partial charge in [-0.25, -0.2) is 4.98 Å². The SMILES string of the molecule is CNCCNC(=O)c1ccc(OCc2cscn2)c(OC)c1. The Morgan fingerprint density at radius 3 is 2.86 bits per heavy atom. The number of hydrogen-bond acceptors (Lipinski definition) is 6. The number of carbonyl (C=O) groups excluding carboxylic acids is 1. The number of nitrogens with zero attached hydrogens (tertiary/aromatic N) is 1. The van der Waals surface area contributed by atoms with Gasteiger partial charge in [-0.1, -0.05) is 0 Å². The Balaban J connectivity index is 2.01. The lowest BCUT2D eigenvalue weighted by atomic mass is 10.2. The van der Waals surface area contributed by atoms with Crippen LogP contribution in [0.15, 0.2) is 29.1 Å². The van der Waals surface area contributed by atoms with Crippen LogP contribution in [0.3, 0.4) is 0 Å². The number of aromatic nitrogens is 1. The molecule has 0 aliphatic rings. The van der Waals surface area contributed by atoms with Gasteiger partial charge in [0.1, 0.15) is 6.61 Å². The van der Waals surface area contributed by atoms with Gasteiger partial charge >= 0.3 is 0 Å². The van der Waals surface area contributed by atoms with E-state index in [0.717, 1.165) is 12.2 Å². The summed E-state index contributed by atoms with van der Waals surface area (Å²) in [6.07, 6.45) is 0. The van der Waals surface area contributed by atoms with Crippen molar-refractivity contribution in [1.82, 2.24) is 15.6 Å². The van der Waals surface area contributed by atoms with Crippen molar-refractivity contribution in [3.63, 3.8) is 0 Å². The van der Waals surface area contributed by atoms with Crippen molar-refractivity contribution in [2.75, 3.05) is 27.2 Å². The molecule has 0 aliphatic heterocycles. The van der Waals surface area contributed by atoms with E-state index in [1.165, 1.54) is 11.3 Å². The molecule has 6 nitrogen and oxygen atoms in total. The second kappa shape index (κ2) is 8.35. The number of nitrogens with one attached hydrogen (secondary N) is 2. The van der Waals surface area contributed by atoms with Crippen LogP contribution >= 0.6 is 11.3 Å². The van der Waals surface area contributed by atoms with Gasteiger partial charge in [0, 0.05) is 24.0 Å². The van der Waals surface area contributed by atoms with Gasteiger partial charge in [0.25, 0.3) is 5.91 Å². The molecule has 0 spiro atoms. The van der Waals surface area contributed by atoms with Crippen LogP contribution in [0.2, 0.25) is 0 Å². The molecule has 7 heteroatoms. The number of hydrogen-bond donors (Lipinski definition) is 2. The summed E-state index contributed by atoms with van der Waals surface area (Å²) in [7, 11) is 3.39. The van der Waals surface area contributed by atoms with E-state index < -0.39 is 0 Å². The molecule has 22 heavy (non-hydrogen) atoms. The summed E-state index contributed by atoms with van der Waals surface area (Å²) in [5.41, 5.74) is 3.16. The van der Waals surface area contributed by atoms with E-state index >= 15 is 0 Å². The third-order valence-corrected chi connectivity index (χ3v) is 3.58. The number of thiazole rings is 1. The zero-order valence-corrected chi connectivity index (χ0v) is 13.4. The summed E-state index contributed by atoms with van der Waals surface area (Å²) in [5, 5.41) is 7.72. The van der Waals surface area contributed by atoms with Crippen LogP contribution in [-0.4, -0.2) is 38.1 Å². The van der Waals surface area contributed by atoms with E-state index in [2.05, 4.69) is 15.6 Å². The van der Waals surface area contributed by atoms with Gasteiger partial charge in [0.2, 0.25) is 0 Å². The highest BCUT2D eigenvalue weighted by Gasteiger charge is 2.11. The van der Waals surface area contributed by atoms with Crippen LogP contribution < -0.4 is 20.1 Å². The summed E-state index contributed by atoms with van der Waals surface area (Å²) >= 11 is 1.52.